The van der Waals surface area contributed by atoms with Gasteiger partial charge in [0.25, 0.3) is 0 Å². The Balaban J connectivity index is 1.69. The normalized spacial score (nSPS) is 14.7. The Morgan fingerprint density at radius 3 is 2.52 bits per heavy atom. The predicted octanol–water partition coefficient (Wildman–Crippen LogP) is 7.60. The molecule has 2 aromatic carbocycles. The zero-order chi connectivity index (χ0) is 23.4. The third-order valence-corrected chi connectivity index (χ3v) is 6.42. The van der Waals surface area contributed by atoms with Crippen molar-refractivity contribution in [2.45, 2.75) is 51.4 Å². The summed E-state index contributed by atoms with van der Waals surface area (Å²) in [7, 11) is 0. The Bertz CT molecular complexity index is 1120. The van der Waals surface area contributed by atoms with Crippen LogP contribution < -0.4 is 15.4 Å². The van der Waals surface area contributed by atoms with E-state index in [9.17, 15) is 13.2 Å². The van der Waals surface area contributed by atoms with E-state index in [4.69, 9.17) is 0 Å². The Morgan fingerprint density at radius 1 is 1.00 bits per heavy atom. The summed E-state index contributed by atoms with van der Waals surface area (Å²) in [6.07, 6.45) is 0.835. The van der Waals surface area contributed by atoms with E-state index < -0.39 is 6.36 Å². The molecule has 4 rings (SSSR count). The van der Waals surface area contributed by atoms with E-state index in [1.807, 2.05) is 25.1 Å². The fraction of sp³-hybridized carbons (Fsp3) is 0.333. The van der Waals surface area contributed by atoms with Crippen LogP contribution in [-0.4, -0.2) is 22.4 Å². The lowest BCUT2D eigenvalue weighted by Gasteiger charge is -2.23. The molecule has 1 aliphatic rings. The summed E-state index contributed by atoms with van der Waals surface area (Å²) in [5, 5.41) is 6.73. The Labute approximate surface area is 198 Å². The molecule has 0 radical (unpaired) electrons. The first-order valence-corrected chi connectivity index (χ1v) is 11.6. The van der Waals surface area contributed by atoms with Crippen LogP contribution >= 0.6 is 15.9 Å². The van der Waals surface area contributed by atoms with Crippen LogP contribution in [0.15, 0.2) is 53.0 Å². The van der Waals surface area contributed by atoms with Gasteiger partial charge in [0.15, 0.2) is 0 Å². The molecule has 5 nitrogen and oxygen atoms in total. The number of hydrogen-bond donors (Lipinski definition) is 2. The number of aromatic nitrogens is 2. The van der Waals surface area contributed by atoms with Gasteiger partial charge in [-0.25, -0.2) is 4.98 Å². The molecular formula is C24H24BrF3N4O. The lowest BCUT2D eigenvalue weighted by Crippen LogP contribution is -2.23. The number of nitrogens with one attached hydrogen (secondary N) is 2. The number of benzene rings is 2. The van der Waals surface area contributed by atoms with Crippen LogP contribution in [0.4, 0.5) is 30.6 Å². The molecular weight excluding hydrogens is 497 g/mol. The zero-order valence-corrected chi connectivity index (χ0v) is 19.6. The average Bonchev–Trinajstić information content (AvgIpc) is 2.76. The molecule has 0 saturated heterocycles. The van der Waals surface area contributed by atoms with Gasteiger partial charge in [-0.1, -0.05) is 53.4 Å². The molecule has 0 bridgehead atoms. The van der Waals surface area contributed by atoms with Gasteiger partial charge >= 0.3 is 6.36 Å². The summed E-state index contributed by atoms with van der Waals surface area (Å²) in [5.74, 6) is 0.691. The topological polar surface area (TPSA) is 59.1 Å². The van der Waals surface area contributed by atoms with Gasteiger partial charge in [0.2, 0.25) is 5.95 Å². The molecule has 174 valence electrons. The number of anilines is 3. The Kier molecular flexibility index (Phi) is 7.07. The second kappa shape index (κ2) is 9.99. The smallest absolute Gasteiger partial charge is 0.406 e. The fourth-order valence-corrected chi connectivity index (χ4v) is 4.25. The third-order valence-electron chi connectivity index (χ3n) is 5.56. The average molecular weight is 521 g/mol. The minimum Gasteiger partial charge on any atom is -0.406 e. The van der Waals surface area contributed by atoms with Crippen molar-refractivity contribution in [3.8, 4) is 17.0 Å². The summed E-state index contributed by atoms with van der Waals surface area (Å²) in [4.78, 5) is 9.25. The SMILES string of the molecule is Cc1c(Br)cccc1Nc1cc(-c2cccc(OC(F)(F)F)c2)nc(NC2CCCCC2)n1. The summed E-state index contributed by atoms with van der Waals surface area (Å²) >= 11 is 3.53. The molecule has 1 aromatic heterocycles. The molecule has 1 aliphatic carbocycles. The first-order chi connectivity index (χ1) is 15.8. The van der Waals surface area contributed by atoms with Gasteiger partial charge in [0.05, 0.1) is 5.69 Å². The lowest BCUT2D eigenvalue weighted by atomic mass is 9.96. The summed E-state index contributed by atoms with van der Waals surface area (Å²) in [6, 6.07) is 13.6. The first-order valence-electron chi connectivity index (χ1n) is 10.8. The van der Waals surface area contributed by atoms with Crippen molar-refractivity contribution in [1.82, 2.24) is 9.97 Å². The van der Waals surface area contributed by atoms with Crippen molar-refractivity contribution in [3.05, 3.63) is 58.6 Å². The molecule has 0 spiro atoms. The van der Waals surface area contributed by atoms with Crippen molar-refractivity contribution in [2.24, 2.45) is 0 Å². The molecule has 0 amide bonds. The van der Waals surface area contributed by atoms with Crippen LogP contribution in [0, 0.1) is 6.92 Å². The van der Waals surface area contributed by atoms with Crippen molar-refractivity contribution >= 4 is 33.4 Å². The number of ether oxygens (including phenoxy) is 1. The van der Waals surface area contributed by atoms with E-state index in [0.29, 0.717) is 23.0 Å². The molecule has 0 atom stereocenters. The largest absolute Gasteiger partial charge is 0.573 e. The fourth-order valence-electron chi connectivity index (χ4n) is 3.89. The Hall–Kier alpha value is -2.81. The molecule has 2 N–H and O–H groups in total. The number of alkyl halides is 3. The highest BCUT2D eigenvalue weighted by Crippen LogP contribution is 2.31. The van der Waals surface area contributed by atoms with E-state index in [2.05, 4.69) is 41.3 Å². The van der Waals surface area contributed by atoms with Gasteiger partial charge in [0.1, 0.15) is 11.6 Å². The molecule has 3 aromatic rings. The van der Waals surface area contributed by atoms with Crippen LogP contribution in [0.2, 0.25) is 0 Å². The highest BCUT2D eigenvalue weighted by Gasteiger charge is 2.31. The van der Waals surface area contributed by atoms with Crippen LogP contribution in [0.1, 0.15) is 37.7 Å². The standard InChI is InChI=1S/C24H24BrF3N4O/c1-15-19(25)11-6-12-20(15)30-22-14-21(16-7-5-10-18(13-16)33-24(26,27)28)31-23(32-22)29-17-8-3-2-4-9-17/h5-7,10-14,17H,2-4,8-9H2,1H3,(H2,29,30,31,32). The molecule has 1 fully saturated rings. The maximum atomic E-state index is 12.7. The molecule has 33 heavy (non-hydrogen) atoms. The van der Waals surface area contributed by atoms with Gasteiger partial charge in [0, 0.05) is 27.8 Å². The van der Waals surface area contributed by atoms with E-state index in [0.717, 1.165) is 41.4 Å². The van der Waals surface area contributed by atoms with E-state index >= 15 is 0 Å². The van der Waals surface area contributed by atoms with Crippen LogP contribution in [-0.2, 0) is 0 Å². The van der Waals surface area contributed by atoms with E-state index in [1.165, 1.54) is 24.6 Å². The summed E-state index contributed by atoms with van der Waals surface area (Å²) in [6.45, 7) is 1.98. The van der Waals surface area contributed by atoms with Gasteiger partial charge in [-0.3, -0.25) is 0 Å². The van der Waals surface area contributed by atoms with Crippen LogP contribution in [0.25, 0.3) is 11.3 Å². The minimum atomic E-state index is -4.76. The predicted molar refractivity (Wildman–Crippen MR) is 127 cm³/mol. The lowest BCUT2D eigenvalue weighted by molar-refractivity contribution is -0.274. The van der Waals surface area contributed by atoms with E-state index in [-0.39, 0.29) is 11.8 Å². The van der Waals surface area contributed by atoms with E-state index in [1.54, 1.807) is 12.1 Å². The molecule has 0 aliphatic heterocycles. The number of hydrogen-bond acceptors (Lipinski definition) is 5. The molecule has 9 heteroatoms. The second-order valence-corrected chi connectivity index (χ2v) is 8.91. The minimum absolute atomic E-state index is 0.273. The van der Waals surface area contributed by atoms with Crippen LogP contribution in [0.3, 0.4) is 0 Å². The van der Waals surface area contributed by atoms with Gasteiger partial charge in [-0.2, -0.15) is 4.98 Å². The Morgan fingerprint density at radius 2 is 1.76 bits per heavy atom. The maximum absolute atomic E-state index is 12.7. The molecule has 0 unspecified atom stereocenters. The van der Waals surface area contributed by atoms with Gasteiger partial charge in [-0.15, -0.1) is 13.2 Å². The highest BCUT2D eigenvalue weighted by atomic mass is 79.9. The highest BCUT2D eigenvalue weighted by molar-refractivity contribution is 9.10. The van der Waals surface area contributed by atoms with Crippen LogP contribution in [0.5, 0.6) is 5.75 Å². The third kappa shape index (κ3) is 6.37. The van der Waals surface area contributed by atoms with Crippen molar-refractivity contribution < 1.29 is 17.9 Å². The number of rotatable bonds is 6. The number of nitrogens with zero attached hydrogens (tertiary/aromatic N) is 2. The molecule has 1 saturated carbocycles. The summed E-state index contributed by atoms with van der Waals surface area (Å²) < 4.78 is 43.2. The first kappa shape index (κ1) is 23.4. The van der Waals surface area contributed by atoms with Gasteiger partial charge < -0.3 is 15.4 Å². The monoisotopic (exact) mass is 520 g/mol. The maximum Gasteiger partial charge on any atom is 0.573 e. The van der Waals surface area contributed by atoms with Gasteiger partial charge in [-0.05, 0) is 49.6 Å². The zero-order valence-electron chi connectivity index (χ0n) is 18.0. The van der Waals surface area contributed by atoms with Crippen molar-refractivity contribution in [1.29, 1.82) is 0 Å². The molecule has 1 heterocycles. The summed E-state index contributed by atoms with van der Waals surface area (Å²) in [5.41, 5.74) is 2.87. The quantitative estimate of drug-likeness (QED) is 0.350. The number of halogens is 4. The second-order valence-electron chi connectivity index (χ2n) is 8.05. The van der Waals surface area contributed by atoms with Crippen molar-refractivity contribution in [2.75, 3.05) is 10.6 Å². The van der Waals surface area contributed by atoms with Crippen molar-refractivity contribution in [3.63, 3.8) is 0 Å².